The molecule has 0 unspecified atom stereocenters. The molecule has 4 nitrogen and oxygen atoms in total. The summed E-state index contributed by atoms with van der Waals surface area (Å²) < 4.78 is 5.54. The number of nitrogen functional groups attached to an aromatic ring is 1. The number of halogens is 1. The van der Waals surface area contributed by atoms with E-state index >= 15 is 0 Å². The number of anilines is 1. The molecule has 0 aliphatic rings. The largest absolute Gasteiger partial charge is 0.435 e. The first kappa shape index (κ1) is 10.7. The number of aryl methyl sites for hydroxylation is 1. The van der Waals surface area contributed by atoms with Gasteiger partial charge in [-0.2, -0.15) is 4.98 Å². The first-order chi connectivity index (χ1) is 7.66. The monoisotopic (exact) mass is 235 g/mol. The second kappa shape index (κ2) is 4.37. The highest BCUT2D eigenvalue weighted by Gasteiger charge is 2.07. The van der Waals surface area contributed by atoms with Crippen LogP contribution in [0, 0.1) is 6.92 Å². The average Bonchev–Trinajstić information content (AvgIpc) is 2.27. The quantitative estimate of drug-likeness (QED) is 0.813. The fraction of sp³-hybridized carbons (Fsp3) is 0.0909. The van der Waals surface area contributed by atoms with Gasteiger partial charge in [0.15, 0.2) is 5.75 Å². The van der Waals surface area contributed by atoms with Crippen LogP contribution in [0.4, 0.5) is 5.69 Å². The SMILES string of the molecule is Cc1ncccc1Oc1nc(Cl)ccc1N. The van der Waals surface area contributed by atoms with Crippen LogP contribution in [-0.4, -0.2) is 9.97 Å². The number of hydrogen-bond donors (Lipinski definition) is 1. The van der Waals surface area contributed by atoms with Crippen LogP contribution in [0.2, 0.25) is 5.15 Å². The lowest BCUT2D eigenvalue weighted by Gasteiger charge is -2.08. The highest BCUT2D eigenvalue weighted by molar-refractivity contribution is 6.29. The fourth-order valence-corrected chi connectivity index (χ4v) is 1.33. The maximum absolute atomic E-state index is 5.76. The predicted octanol–water partition coefficient (Wildman–Crippen LogP) is 2.81. The van der Waals surface area contributed by atoms with Crippen LogP contribution in [0.5, 0.6) is 11.6 Å². The summed E-state index contributed by atoms with van der Waals surface area (Å²) in [5.74, 6) is 0.910. The van der Waals surface area contributed by atoms with E-state index in [1.807, 2.05) is 6.92 Å². The van der Waals surface area contributed by atoms with Crippen molar-refractivity contribution in [3.63, 3.8) is 0 Å². The van der Waals surface area contributed by atoms with Crippen molar-refractivity contribution >= 4 is 17.3 Å². The van der Waals surface area contributed by atoms with Gasteiger partial charge >= 0.3 is 0 Å². The van der Waals surface area contributed by atoms with Gasteiger partial charge in [0.1, 0.15) is 5.15 Å². The molecule has 82 valence electrons. The predicted molar refractivity (Wildman–Crippen MR) is 62.7 cm³/mol. The van der Waals surface area contributed by atoms with Gasteiger partial charge in [-0.05, 0) is 31.2 Å². The topological polar surface area (TPSA) is 61.0 Å². The zero-order valence-electron chi connectivity index (χ0n) is 8.64. The lowest BCUT2D eigenvalue weighted by Crippen LogP contribution is -1.96. The van der Waals surface area contributed by atoms with E-state index in [0.717, 1.165) is 5.69 Å². The van der Waals surface area contributed by atoms with Gasteiger partial charge in [-0.3, -0.25) is 4.98 Å². The second-order valence-electron chi connectivity index (χ2n) is 3.22. The molecule has 0 aliphatic heterocycles. The molecule has 0 fully saturated rings. The molecule has 0 saturated carbocycles. The van der Waals surface area contributed by atoms with E-state index in [-0.39, 0.29) is 0 Å². The molecular formula is C11H10ClN3O. The molecule has 2 aromatic rings. The van der Waals surface area contributed by atoms with Gasteiger partial charge in [0, 0.05) is 6.20 Å². The zero-order chi connectivity index (χ0) is 11.5. The lowest BCUT2D eigenvalue weighted by molar-refractivity contribution is 0.459. The van der Waals surface area contributed by atoms with Crippen molar-refractivity contribution in [3.05, 3.63) is 41.3 Å². The minimum atomic E-state index is 0.295. The van der Waals surface area contributed by atoms with Gasteiger partial charge in [0.25, 0.3) is 0 Å². The molecular weight excluding hydrogens is 226 g/mol. The van der Waals surface area contributed by atoms with Crippen molar-refractivity contribution in [1.82, 2.24) is 9.97 Å². The summed E-state index contributed by atoms with van der Waals surface area (Å²) in [6.45, 7) is 1.84. The molecule has 2 N–H and O–H groups in total. The highest BCUT2D eigenvalue weighted by atomic mass is 35.5. The minimum Gasteiger partial charge on any atom is -0.435 e. The van der Waals surface area contributed by atoms with Crippen molar-refractivity contribution in [2.45, 2.75) is 6.92 Å². The van der Waals surface area contributed by atoms with Crippen LogP contribution < -0.4 is 10.5 Å². The van der Waals surface area contributed by atoms with Crippen LogP contribution in [0.3, 0.4) is 0 Å². The normalized spacial score (nSPS) is 10.1. The van der Waals surface area contributed by atoms with Crippen LogP contribution in [-0.2, 0) is 0 Å². The first-order valence-electron chi connectivity index (χ1n) is 4.68. The van der Waals surface area contributed by atoms with Crippen molar-refractivity contribution in [3.8, 4) is 11.6 Å². The Morgan fingerprint density at radius 1 is 1.31 bits per heavy atom. The molecule has 2 aromatic heterocycles. The van der Waals surface area contributed by atoms with Gasteiger partial charge in [-0.25, -0.2) is 0 Å². The third-order valence-corrected chi connectivity index (χ3v) is 2.23. The number of hydrogen-bond acceptors (Lipinski definition) is 4. The molecule has 0 bridgehead atoms. The summed E-state index contributed by atoms with van der Waals surface area (Å²) in [5.41, 5.74) is 6.93. The lowest BCUT2D eigenvalue weighted by atomic mass is 10.3. The van der Waals surface area contributed by atoms with Gasteiger partial charge in [0.05, 0.1) is 11.4 Å². The first-order valence-corrected chi connectivity index (χ1v) is 5.06. The van der Waals surface area contributed by atoms with Crippen molar-refractivity contribution < 1.29 is 4.74 Å². The Kier molecular flexibility index (Phi) is 2.92. The van der Waals surface area contributed by atoms with Crippen LogP contribution in [0.25, 0.3) is 0 Å². The summed E-state index contributed by atoms with van der Waals surface area (Å²) in [7, 11) is 0. The Bertz CT molecular complexity index is 516. The Morgan fingerprint density at radius 3 is 2.88 bits per heavy atom. The molecule has 0 aromatic carbocycles. The molecule has 5 heteroatoms. The second-order valence-corrected chi connectivity index (χ2v) is 3.60. The number of rotatable bonds is 2. The van der Waals surface area contributed by atoms with Crippen molar-refractivity contribution in [2.24, 2.45) is 0 Å². The highest BCUT2D eigenvalue weighted by Crippen LogP contribution is 2.27. The maximum Gasteiger partial charge on any atom is 0.244 e. The van der Waals surface area contributed by atoms with E-state index in [1.165, 1.54) is 0 Å². The van der Waals surface area contributed by atoms with E-state index in [2.05, 4.69) is 9.97 Å². The van der Waals surface area contributed by atoms with Gasteiger partial charge in [-0.1, -0.05) is 11.6 Å². The Labute approximate surface area is 98.0 Å². The average molecular weight is 236 g/mol. The summed E-state index contributed by atoms with van der Waals surface area (Å²) in [5, 5.41) is 0.339. The molecule has 16 heavy (non-hydrogen) atoms. The van der Waals surface area contributed by atoms with E-state index in [4.69, 9.17) is 22.1 Å². The molecule has 0 saturated heterocycles. The smallest absolute Gasteiger partial charge is 0.244 e. The van der Waals surface area contributed by atoms with Gasteiger partial charge in [0.2, 0.25) is 5.88 Å². The molecule has 2 rings (SSSR count). The number of nitrogens with two attached hydrogens (primary N) is 1. The van der Waals surface area contributed by atoms with Crippen LogP contribution in [0.1, 0.15) is 5.69 Å². The number of pyridine rings is 2. The Morgan fingerprint density at radius 2 is 2.12 bits per heavy atom. The van der Waals surface area contributed by atoms with Crippen molar-refractivity contribution in [1.29, 1.82) is 0 Å². The third kappa shape index (κ3) is 2.23. The van der Waals surface area contributed by atoms with E-state index < -0.39 is 0 Å². The summed E-state index contributed by atoms with van der Waals surface area (Å²) in [6.07, 6.45) is 1.69. The van der Waals surface area contributed by atoms with E-state index in [1.54, 1.807) is 30.5 Å². The van der Waals surface area contributed by atoms with Gasteiger partial charge in [-0.15, -0.1) is 0 Å². The number of nitrogens with zero attached hydrogens (tertiary/aromatic N) is 2. The van der Waals surface area contributed by atoms with E-state index in [9.17, 15) is 0 Å². The van der Waals surface area contributed by atoms with Gasteiger partial charge < -0.3 is 10.5 Å². The Balaban J connectivity index is 2.34. The van der Waals surface area contributed by atoms with Crippen LogP contribution >= 0.6 is 11.6 Å². The zero-order valence-corrected chi connectivity index (χ0v) is 9.40. The fourth-order valence-electron chi connectivity index (χ4n) is 1.19. The third-order valence-electron chi connectivity index (χ3n) is 2.02. The minimum absolute atomic E-state index is 0.295. The molecule has 2 heterocycles. The summed E-state index contributed by atoms with van der Waals surface area (Å²) in [4.78, 5) is 8.10. The molecule has 0 aliphatic carbocycles. The standard InChI is InChI=1S/C11H10ClN3O/c1-7-9(3-2-6-14-7)16-11-8(13)4-5-10(12)15-11/h2-6H,13H2,1H3. The molecule has 0 amide bonds. The van der Waals surface area contributed by atoms with Crippen molar-refractivity contribution in [2.75, 3.05) is 5.73 Å². The maximum atomic E-state index is 5.76. The number of ether oxygens (including phenoxy) is 1. The van der Waals surface area contributed by atoms with Crippen LogP contribution in [0.15, 0.2) is 30.5 Å². The summed E-state index contributed by atoms with van der Waals surface area (Å²) >= 11 is 5.76. The molecule has 0 atom stereocenters. The molecule has 0 spiro atoms. The summed E-state index contributed by atoms with van der Waals surface area (Å²) in [6, 6.07) is 6.84. The molecule has 0 radical (unpaired) electrons. The number of aromatic nitrogens is 2. The Hall–Kier alpha value is -1.81. The van der Waals surface area contributed by atoms with E-state index in [0.29, 0.717) is 22.5 Å².